The lowest BCUT2D eigenvalue weighted by atomic mass is 9.92. The van der Waals surface area contributed by atoms with E-state index >= 15 is 0 Å². The van der Waals surface area contributed by atoms with Crippen molar-refractivity contribution in [3.8, 4) is 0 Å². The van der Waals surface area contributed by atoms with Crippen LogP contribution in [-0.2, 0) is 22.7 Å². The van der Waals surface area contributed by atoms with Crippen LogP contribution in [0, 0.1) is 6.92 Å². The fraction of sp³-hybridized carbons (Fsp3) is 0.667. The van der Waals surface area contributed by atoms with Gasteiger partial charge in [0.05, 0.1) is 17.9 Å². The number of hydrogen-bond donors (Lipinski definition) is 1. The van der Waals surface area contributed by atoms with Crippen LogP contribution in [0.1, 0.15) is 45.5 Å². The lowest BCUT2D eigenvalue weighted by Gasteiger charge is -2.43. The Morgan fingerprint density at radius 2 is 2.05 bits per heavy atom. The van der Waals surface area contributed by atoms with Gasteiger partial charge >= 0.3 is 0 Å². The van der Waals surface area contributed by atoms with Gasteiger partial charge in [-0.3, -0.25) is 14.3 Å². The largest absolute Gasteiger partial charge is 0.340 e. The van der Waals surface area contributed by atoms with E-state index in [4.69, 9.17) is 0 Å². The molecule has 2 atom stereocenters. The summed E-state index contributed by atoms with van der Waals surface area (Å²) in [6.07, 6.45) is 0.576. The standard InChI is InChI=1S/C15H24N4O2/c1-6-15(5)14(21)18(11(4)13(20)16-15)9-12-8-10(3)17-19(12)7-2/h8,11H,6-7,9H2,1-5H3,(H,16,20). The Balaban J connectivity index is 2.31. The Kier molecular flexibility index (Phi) is 4.07. The minimum absolute atomic E-state index is 0.0291. The van der Waals surface area contributed by atoms with Gasteiger partial charge in [-0.05, 0) is 40.2 Å². The van der Waals surface area contributed by atoms with E-state index in [1.165, 1.54) is 0 Å². The zero-order valence-corrected chi connectivity index (χ0v) is 13.4. The summed E-state index contributed by atoms with van der Waals surface area (Å²) in [7, 11) is 0. The van der Waals surface area contributed by atoms with Gasteiger partial charge in [-0.1, -0.05) is 6.92 Å². The van der Waals surface area contributed by atoms with Gasteiger partial charge in [0.1, 0.15) is 11.6 Å². The third kappa shape index (κ3) is 2.66. The Morgan fingerprint density at radius 3 is 2.62 bits per heavy atom. The molecule has 2 heterocycles. The summed E-state index contributed by atoms with van der Waals surface area (Å²) in [4.78, 5) is 26.5. The molecule has 2 rings (SSSR count). The number of aryl methyl sites for hydroxylation is 2. The highest BCUT2D eigenvalue weighted by atomic mass is 16.2. The van der Waals surface area contributed by atoms with Gasteiger partial charge in [0.25, 0.3) is 0 Å². The molecule has 0 bridgehead atoms. The van der Waals surface area contributed by atoms with E-state index in [1.807, 2.05) is 31.5 Å². The first-order valence-corrected chi connectivity index (χ1v) is 7.48. The molecular weight excluding hydrogens is 268 g/mol. The SMILES string of the molecule is CCn1nc(C)cc1CN1C(=O)C(C)(CC)NC(=O)C1C. The molecule has 0 saturated carbocycles. The monoisotopic (exact) mass is 292 g/mol. The summed E-state index contributed by atoms with van der Waals surface area (Å²) in [5, 5.41) is 7.24. The minimum Gasteiger partial charge on any atom is -0.340 e. The number of carbonyl (C=O) groups excluding carboxylic acids is 2. The molecule has 1 aromatic rings. The topological polar surface area (TPSA) is 67.2 Å². The van der Waals surface area contributed by atoms with Crippen LogP contribution in [0.3, 0.4) is 0 Å². The zero-order chi connectivity index (χ0) is 15.8. The van der Waals surface area contributed by atoms with E-state index in [-0.39, 0.29) is 11.8 Å². The summed E-state index contributed by atoms with van der Waals surface area (Å²) in [5.74, 6) is -0.128. The van der Waals surface area contributed by atoms with E-state index in [9.17, 15) is 9.59 Å². The molecule has 1 aromatic heterocycles. The Bertz CT molecular complexity index is 566. The number of nitrogens with one attached hydrogen (secondary N) is 1. The quantitative estimate of drug-likeness (QED) is 0.907. The summed E-state index contributed by atoms with van der Waals surface area (Å²) in [6, 6.07) is 1.51. The van der Waals surface area contributed by atoms with E-state index in [1.54, 1.807) is 18.7 Å². The van der Waals surface area contributed by atoms with Gasteiger partial charge in [0.15, 0.2) is 0 Å². The third-order valence-electron chi connectivity index (χ3n) is 4.30. The molecule has 0 aromatic carbocycles. The molecule has 1 N–H and O–H groups in total. The second-order valence-corrected chi connectivity index (χ2v) is 5.88. The molecule has 116 valence electrons. The van der Waals surface area contributed by atoms with Crippen LogP contribution >= 0.6 is 0 Å². The van der Waals surface area contributed by atoms with Gasteiger partial charge in [-0.15, -0.1) is 0 Å². The fourth-order valence-electron chi connectivity index (χ4n) is 2.69. The van der Waals surface area contributed by atoms with Crippen LogP contribution < -0.4 is 5.32 Å². The smallest absolute Gasteiger partial charge is 0.249 e. The molecule has 0 radical (unpaired) electrons. The predicted octanol–water partition coefficient (Wildman–Crippen LogP) is 1.23. The number of carbonyl (C=O) groups is 2. The van der Waals surface area contributed by atoms with Gasteiger partial charge in [0.2, 0.25) is 11.8 Å². The molecule has 21 heavy (non-hydrogen) atoms. The van der Waals surface area contributed by atoms with Gasteiger partial charge in [-0.2, -0.15) is 5.10 Å². The normalized spacial score (nSPS) is 26.1. The zero-order valence-electron chi connectivity index (χ0n) is 13.4. The Labute approximate surface area is 125 Å². The second-order valence-electron chi connectivity index (χ2n) is 5.88. The Hall–Kier alpha value is -1.85. The van der Waals surface area contributed by atoms with Gasteiger partial charge in [-0.25, -0.2) is 0 Å². The number of piperazine rings is 1. The molecule has 1 saturated heterocycles. The second kappa shape index (κ2) is 5.50. The maximum absolute atomic E-state index is 12.7. The van der Waals surface area contributed by atoms with Crippen LogP contribution in [0.4, 0.5) is 0 Å². The predicted molar refractivity (Wildman–Crippen MR) is 79.5 cm³/mol. The van der Waals surface area contributed by atoms with Crippen molar-refractivity contribution in [2.75, 3.05) is 0 Å². The molecule has 2 unspecified atom stereocenters. The van der Waals surface area contributed by atoms with Crippen LogP contribution in [0.15, 0.2) is 6.07 Å². The molecule has 1 aliphatic heterocycles. The maximum Gasteiger partial charge on any atom is 0.249 e. The van der Waals surface area contributed by atoms with Crippen molar-refractivity contribution in [3.63, 3.8) is 0 Å². The van der Waals surface area contributed by atoms with Crippen molar-refractivity contribution >= 4 is 11.8 Å². The highest BCUT2D eigenvalue weighted by Gasteiger charge is 2.45. The number of rotatable bonds is 4. The number of amides is 2. The first kappa shape index (κ1) is 15.5. The highest BCUT2D eigenvalue weighted by molar-refractivity contribution is 5.99. The van der Waals surface area contributed by atoms with E-state index in [2.05, 4.69) is 10.4 Å². The molecule has 0 aliphatic carbocycles. The molecular formula is C15H24N4O2. The van der Waals surface area contributed by atoms with E-state index in [0.29, 0.717) is 13.0 Å². The lowest BCUT2D eigenvalue weighted by Crippen LogP contribution is -2.68. The molecule has 1 fully saturated rings. The van der Waals surface area contributed by atoms with Crippen molar-refractivity contribution < 1.29 is 9.59 Å². The summed E-state index contributed by atoms with van der Waals surface area (Å²) in [5.41, 5.74) is 1.07. The van der Waals surface area contributed by atoms with Gasteiger partial charge < -0.3 is 10.2 Å². The van der Waals surface area contributed by atoms with Crippen LogP contribution in [0.2, 0.25) is 0 Å². The van der Waals surface area contributed by atoms with Crippen molar-refractivity contribution in [2.45, 2.75) is 65.7 Å². The maximum atomic E-state index is 12.7. The van der Waals surface area contributed by atoms with Crippen molar-refractivity contribution in [3.05, 3.63) is 17.5 Å². The average molecular weight is 292 g/mol. The van der Waals surface area contributed by atoms with Crippen LogP contribution in [-0.4, -0.2) is 38.1 Å². The minimum atomic E-state index is -0.810. The summed E-state index contributed by atoms with van der Waals surface area (Å²) in [6.45, 7) is 10.6. The summed E-state index contributed by atoms with van der Waals surface area (Å²) >= 11 is 0. The molecule has 6 nitrogen and oxygen atoms in total. The van der Waals surface area contributed by atoms with Crippen LogP contribution in [0.25, 0.3) is 0 Å². The van der Waals surface area contributed by atoms with Crippen molar-refractivity contribution in [2.24, 2.45) is 0 Å². The summed E-state index contributed by atoms with van der Waals surface area (Å²) < 4.78 is 1.88. The first-order valence-electron chi connectivity index (χ1n) is 7.48. The molecule has 1 aliphatic rings. The molecule has 0 spiro atoms. The van der Waals surface area contributed by atoms with Crippen molar-refractivity contribution in [1.29, 1.82) is 0 Å². The van der Waals surface area contributed by atoms with Crippen molar-refractivity contribution in [1.82, 2.24) is 20.0 Å². The number of hydrogen-bond acceptors (Lipinski definition) is 3. The molecule has 6 heteroatoms. The molecule has 2 amide bonds. The third-order valence-corrected chi connectivity index (χ3v) is 4.30. The first-order chi connectivity index (χ1) is 9.82. The average Bonchev–Trinajstić information content (AvgIpc) is 2.81. The number of aromatic nitrogens is 2. The fourth-order valence-corrected chi connectivity index (χ4v) is 2.69. The van der Waals surface area contributed by atoms with Crippen LogP contribution in [0.5, 0.6) is 0 Å². The van der Waals surface area contributed by atoms with Gasteiger partial charge in [0, 0.05) is 6.54 Å². The Morgan fingerprint density at radius 1 is 1.38 bits per heavy atom. The lowest BCUT2D eigenvalue weighted by molar-refractivity contribution is -0.154. The highest BCUT2D eigenvalue weighted by Crippen LogP contribution is 2.23. The van der Waals surface area contributed by atoms with E-state index < -0.39 is 11.6 Å². The van der Waals surface area contributed by atoms with E-state index in [0.717, 1.165) is 17.9 Å². The number of nitrogens with zero attached hydrogens (tertiary/aromatic N) is 3.